The number of rotatable bonds is 7. The summed E-state index contributed by atoms with van der Waals surface area (Å²) in [7, 11) is 1.83. The third kappa shape index (κ3) is 4.16. The van der Waals surface area contributed by atoms with Gasteiger partial charge in [-0.25, -0.2) is 4.98 Å². The fourth-order valence-electron chi connectivity index (χ4n) is 2.18. The van der Waals surface area contributed by atoms with Crippen molar-refractivity contribution >= 4 is 5.97 Å². The maximum absolute atomic E-state index is 12.3. The molecule has 6 nitrogen and oxygen atoms in total. The normalized spacial score (nSPS) is 15.0. The Hall–Kier alpha value is -2.18. The van der Waals surface area contributed by atoms with Crippen molar-refractivity contribution in [3.05, 3.63) is 54.1 Å². The number of benzene rings is 1. The number of aromatic nitrogens is 2. The summed E-state index contributed by atoms with van der Waals surface area (Å²) in [6.07, 6.45) is 3.20. The summed E-state index contributed by atoms with van der Waals surface area (Å²) in [5.41, 5.74) is 7.68. The van der Waals surface area contributed by atoms with E-state index in [1.54, 1.807) is 12.5 Å². The maximum Gasteiger partial charge on any atom is 0.323 e. The number of likely N-dealkylation sites (N-methyl/N-ethyl adjacent to an activating group) is 1. The van der Waals surface area contributed by atoms with Gasteiger partial charge in [0.25, 0.3) is 0 Å². The summed E-state index contributed by atoms with van der Waals surface area (Å²) in [6.45, 7) is 1.96. The van der Waals surface area contributed by atoms with Gasteiger partial charge in [0, 0.05) is 24.4 Å². The molecular formula is C16H22N4O2. The summed E-state index contributed by atoms with van der Waals surface area (Å²) in [5, 5.41) is 3.12. The highest BCUT2D eigenvalue weighted by Crippen LogP contribution is 2.21. The van der Waals surface area contributed by atoms with Gasteiger partial charge in [-0.15, -0.1) is 0 Å². The Kier molecular flexibility index (Phi) is 5.68. The number of ether oxygens (including phenoxy) is 1. The summed E-state index contributed by atoms with van der Waals surface area (Å²) in [6, 6.07) is 8.89. The van der Waals surface area contributed by atoms with Crippen molar-refractivity contribution in [3.63, 3.8) is 0 Å². The molecule has 0 aliphatic carbocycles. The average Bonchev–Trinajstić information content (AvgIpc) is 3.05. The van der Waals surface area contributed by atoms with Crippen LogP contribution in [0.15, 0.2) is 42.9 Å². The Morgan fingerprint density at radius 1 is 1.41 bits per heavy atom. The molecule has 0 aliphatic rings. The number of nitrogens with two attached hydrogens (primary N) is 1. The van der Waals surface area contributed by atoms with E-state index in [0.717, 1.165) is 11.3 Å². The van der Waals surface area contributed by atoms with Crippen LogP contribution in [0.2, 0.25) is 0 Å². The standard InChI is InChI=1S/C16H22N4O2/c1-11(18-2)15(12-6-4-3-5-7-12)22-16(21)14(17)8-13-9-19-10-20-13/h3-7,9-11,14-15,18H,8,17H2,1-2H3,(H,19,20)/t11-,14?,15+/m1/s1. The van der Waals surface area contributed by atoms with Crippen molar-refractivity contribution in [1.82, 2.24) is 15.3 Å². The van der Waals surface area contributed by atoms with Gasteiger partial charge in [-0.3, -0.25) is 4.79 Å². The smallest absolute Gasteiger partial charge is 0.323 e. The first kappa shape index (κ1) is 16.2. The quantitative estimate of drug-likeness (QED) is 0.668. The van der Waals surface area contributed by atoms with Gasteiger partial charge in [0.15, 0.2) is 0 Å². The summed E-state index contributed by atoms with van der Waals surface area (Å²) < 4.78 is 5.64. The third-order valence-corrected chi connectivity index (χ3v) is 3.58. The van der Waals surface area contributed by atoms with E-state index in [9.17, 15) is 4.79 Å². The minimum atomic E-state index is -0.726. The lowest BCUT2D eigenvalue weighted by Gasteiger charge is -2.25. The van der Waals surface area contributed by atoms with Gasteiger partial charge >= 0.3 is 5.97 Å². The van der Waals surface area contributed by atoms with Gasteiger partial charge < -0.3 is 20.8 Å². The van der Waals surface area contributed by atoms with Gasteiger partial charge in [0.1, 0.15) is 12.1 Å². The molecule has 1 aromatic heterocycles. The largest absolute Gasteiger partial charge is 0.455 e. The number of nitrogens with zero attached hydrogens (tertiary/aromatic N) is 1. The predicted octanol–water partition coefficient (Wildman–Crippen LogP) is 1.17. The van der Waals surface area contributed by atoms with Gasteiger partial charge in [-0.05, 0) is 19.5 Å². The number of aromatic amines is 1. The fourth-order valence-corrected chi connectivity index (χ4v) is 2.18. The lowest BCUT2D eigenvalue weighted by molar-refractivity contribution is -0.152. The first-order valence-electron chi connectivity index (χ1n) is 7.27. The molecule has 0 aliphatic heterocycles. The van der Waals surface area contributed by atoms with E-state index in [4.69, 9.17) is 10.5 Å². The SMILES string of the molecule is CN[C@H](C)[C@H](OC(=O)C(N)Cc1cnc[nH]1)c1ccccc1. The average molecular weight is 302 g/mol. The van der Waals surface area contributed by atoms with Crippen LogP contribution >= 0.6 is 0 Å². The van der Waals surface area contributed by atoms with E-state index in [-0.39, 0.29) is 12.1 Å². The number of H-pyrrole nitrogens is 1. The van der Waals surface area contributed by atoms with E-state index in [0.29, 0.717) is 6.42 Å². The van der Waals surface area contributed by atoms with Crippen LogP contribution in [0, 0.1) is 0 Å². The second kappa shape index (κ2) is 7.72. The van der Waals surface area contributed by atoms with Crippen LogP contribution in [0.1, 0.15) is 24.3 Å². The Morgan fingerprint density at radius 3 is 2.73 bits per heavy atom. The minimum Gasteiger partial charge on any atom is -0.455 e. The van der Waals surface area contributed by atoms with Crippen LogP contribution in [0.4, 0.5) is 0 Å². The highest BCUT2D eigenvalue weighted by atomic mass is 16.5. The van der Waals surface area contributed by atoms with Crippen LogP contribution in [0.5, 0.6) is 0 Å². The maximum atomic E-state index is 12.3. The zero-order chi connectivity index (χ0) is 15.9. The van der Waals surface area contributed by atoms with Crippen molar-refractivity contribution in [2.75, 3.05) is 7.05 Å². The molecule has 2 rings (SSSR count). The lowest BCUT2D eigenvalue weighted by Crippen LogP contribution is -2.39. The zero-order valence-corrected chi connectivity index (χ0v) is 12.8. The number of carbonyl (C=O) groups is 1. The number of carbonyl (C=O) groups excluding carboxylic acids is 1. The van der Waals surface area contributed by atoms with Gasteiger partial charge in [-0.2, -0.15) is 0 Å². The first-order valence-corrected chi connectivity index (χ1v) is 7.27. The molecule has 6 heteroatoms. The van der Waals surface area contributed by atoms with Crippen LogP contribution in [0.25, 0.3) is 0 Å². The molecule has 2 aromatic rings. The second-order valence-electron chi connectivity index (χ2n) is 5.23. The number of nitrogens with one attached hydrogen (secondary N) is 2. The second-order valence-corrected chi connectivity index (χ2v) is 5.23. The van der Waals surface area contributed by atoms with Crippen molar-refractivity contribution in [3.8, 4) is 0 Å². The summed E-state index contributed by atoms with van der Waals surface area (Å²) >= 11 is 0. The predicted molar refractivity (Wildman–Crippen MR) is 84.1 cm³/mol. The van der Waals surface area contributed by atoms with Crippen LogP contribution in [-0.4, -0.2) is 35.1 Å². The van der Waals surface area contributed by atoms with Crippen molar-refractivity contribution in [2.24, 2.45) is 5.73 Å². The van der Waals surface area contributed by atoms with E-state index in [1.165, 1.54) is 0 Å². The van der Waals surface area contributed by atoms with Gasteiger partial charge in [0.2, 0.25) is 0 Å². The summed E-state index contributed by atoms with van der Waals surface area (Å²) in [5.74, 6) is -0.425. The van der Waals surface area contributed by atoms with E-state index >= 15 is 0 Å². The monoisotopic (exact) mass is 302 g/mol. The van der Waals surface area contributed by atoms with E-state index in [1.807, 2.05) is 44.3 Å². The molecule has 0 bridgehead atoms. The number of esters is 1. The number of hydrogen-bond acceptors (Lipinski definition) is 5. The highest BCUT2D eigenvalue weighted by molar-refractivity contribution is 5.76. The molecule has 118 valence electrons. The molecule has 1 heterocycles. The third-order valence-electron chi connectivity index (χ3n) is 3.58. The molecule has 0 spiro atoms. The Morgan fingerprint density at radius 2 is 2.14 bits per heavy atom. The highest BCUT2D eigenvalue weighted by Gasteiger charge is 2.25. The Labute approximate surface area is 130 Å². The molecule has 0 amide bonds. The number of imidazole rings is 1. The first-order chi connectivity index (χ1) is 10.6. The van der Waals surface area contributed by atoms with Gasteiger partial charge in [0.05, 0.1) is 6.33 Å². The summed E-state index contributed by atoms with van der Waals surface area (Å²) in [4.78, 5) is 19.1. The lowest BCUT2D eigenvalue weighted by atomic mass is 10.0. The van der Waals surface area contributed by atoms with Gasteiger partial charge in [-0.1, -0.05) is 30.3 Å². The molecule has 0 fully saturated rings. The van der Waals surface area contributed by atoms with E-state index < -0.39 is 12.0 Å². The molecule has 3 atom stereocenters. The molecule has 0 saturated carbocycles. The zero-order valence-electron chi connectivity index (χ0n) is 12.8. The minimum absolute atomic E-state index is 0.0225. The topological polar surface area (TPSA) is 93.0 Å². The van der Waals surface area contributed by atoms with Crippen molar-refractivity contribution < 1.29 is 9.53 Å². The fraction of sp³-hybridized carbons (Fsp3) is 0.375. The Balaban J connectivity index is 2.04. The number of hydrogen-bond donors (Lipinski definition) is 3. The Bertz CT molecular complexity index is 571. The molecule has 0 saturated heterocycles. The van der Waals surface area contributed by atoms with Crippen LogP contribution in [0.3, 0.4) is 0 Å². The van der Waals surface area contributed by atoms with Crippen LogP contribution < -0.4 is 11.1 Å². The molecule has 1 aromatic carbocycles. The van der Waals surface area contributed by atoms with E-state index in [2.05, 4.69) is 15.3 Å². The van der Waals surface area contributed by atoms with Crippen molar-refractivity contribution in [2.45, 2.75) is 31.5 Å². The molecule has 1 unspecified atom stereocenters. The molecule has 0 radical (unpaired) electrons. The van der Waals surface area contributed by atoms with Crippen molar-refractivity contribution in [1.29, 1.82) is 0 Å². The molecule has 4 N–H and O–H groups in total. The van der Waals surface area contributed by atoms with Crippen LogP contribution in [-0.2, 0) is 16.0 Å². The molecule has 22 heavy (non-hydrogen) atoms. The molecular weight excluding hydrogens is 280 g/mol.